The van der Waals surface area contributed by atoms with Crippen LogP contribution in [-0.2, 0) is 19.9 Å². The van der Waals surface area contributed by atoms with Gasteiger partial charge in [0.2, 0.25) is 10.0 Å². The molecule has 0 amide bonds. The summed E-state index contributed by atoms with van der Waals surface area (Å²) >= 11 is 5.50. The van der Waals surface area contributed by atoms with Crippen LogP contribution in [-0.4, -0.2) is 45.6 Å². The lowest BCUT2D eigenvalue weighted by molar-refractivity contribution is 0.176. The van der Waals surface area contributed by atoms with E-state index >= 15 is 0 Å². The second-order valence-corrected chi connectivity index (χ2v) is 8.72. The number of nitrogens with one attached hydrogen (secondary N) is 1. The second kappa shape index (κ2) is 5.23. The van der Waals surface area contributed by atoms with Crippen LogP contribution >= 0.6 is 11.6 Å². The highest BCUT2D eigenvalue weighted by molar-refractivity contribution is 7.92. The number of halogens is 2. The van der Waals surface area contributed by atoms with Crippen LogP contribution < -0.4 is 4.72 Å². The minimum Gasteiger partial charge on any atom is -0.390 e. The maximum Gasteiger partial charge on any atom is 0.240 e. The molecule has 1 aromatic carbocycles. The van der Waals surface area contributed by atoms with Gasteiger partial charge in [-0.2, -0.15) is 0 Å². The van der Waals surface area contributed by atoms with Crippen molar-refractivity contribution in [1.29, 1.82) is 0 Å². The number of benzene rings is 1. The summed E-state index contributed by atoms with van der Waals surface area (Å²) < 4.78 is 61.7. The lowest BCUT2D eigenvalue weighted by atomic mass is 10.2. The number of hydrogen-bond donors (Lipinski definition) is 2. The molecule has 1 heterocycles. The Hall–Kier alpha value is -0.740. The minimum absolute atomic E-state index is 0.305. The highest BCUT2D eigenvalue weighted by atomic mass is 35.5. The van der Waals surface area contributed by atoms with Gasteiger partial charge in [-0.25, -0.2) is 25.9 Å². The Labute approximate surface area is 120 Å². The molecular weight excluding hydrogens is 333 g/mol. The van der Waals surface area contributed by atoms with Crippen molar-refractivity contribution in [1.82, 2.24) is 4.72 Å². The van der Waals surface area contributed by atoms with Gasteiger partial charge in [-0.05, 0) is 18.2 Å². The van der Waals surface area contributed by atoms with Crippen molar-refractivity contribution in [3.63, 3.8) is 0 Å². The topological polar surface area (TPSA) is 101 Å². The number of aliphatic hydroxyl groups is 1. The van der Waals surface area contributed by atoms with Crippen LogP contribution in [0.5, 0.6) is 0 Å². The van der Waals surface area contributed by atoms with Crippen LogP contribution in [0.25, 0.3) is 0 Å². The van der Waals surface area contributed by atoms with Crippen molar-refractivity contribution in [3.05, 3.63) is 29.0 Å². The molecule has 0 unspecified atom stereocenters. The molecule has 0 aromatic heterocycles. The third kappa shape index (κ3) is 3.29. The van der Waals surface area contributed by atoms with Gasteiger partial charge in [-0.15, -0.1) is 0 Å². The van der Waals surface area contributed by atoms with Crippen molar-refractivity contribution in [2.75, 3.05) is 11.5 Å². The first-order valence-corrected chi connectivity index (χ1v) is 9.15. The average Bonchev–Trinajstić information content (AvgIpc) is 2.54. The molecule has 0 aliphatic carbocycles. The van der Waals surface area contributed by atoms with Gasteiger partial charge in [0, 0.05) is 0 Å². The highest BCUT2D eigenvalue weighted by Crippen LogP contribution is 2.21. The predicted molar refractivity (Wildman–Crippen MR) is 70.2 cm³/mol. The van der Waals surface area contributed by atoms with Crippen molar-refractivity contribution >= 4 is 31.5 Å². The molecule has 1 aromatic rings. The fourth-order valence-corrected chi connectivity index (χ4v) is 5.24. The summed E-state index contributed by atoms with van der Waals surface area (Å²) in [5.41, 5.74) is 0. The van der Waals surface area contributed by atoms with E-state index in [1.165, 1.54) is 0 Å². The molecule has 0 saturated carbocycles. The molecular formula is C10H11ClFNO5S2. The molecule has 0 bridgehead atoms. The lowest BCUT2D eigenvalue weighted by Crippen LogP contribution is -2.42. The zero-order chi connectivity index (χ0) is 15.1. The standard InChI is InChI=1S/C10H11ClFNO5S2/c11-7-3-6(1-2-8(7)12)20(17,18)13-9-4-19(15,16)5-10(9)14/h1-3,9-10,13-14H,4-5H2/t9-,10-/m1/s1. The summed E-state index contributed by atoms with van der Waals surface area (Å²) in [5.74, 6) is -1.75. The summed E-state index contributed by atoms with van der Waals surface area (Å²) in [7, 11) is -7.57. The first kappa shape index (κ1) is 15.6. The monoisotopic (exact) mass is 343 g/mol. The normalized spacial score (nSPS) is 25.8. The van der Waals surface area contributed by atoms with Crippen molar-refractivity contribution in [2.24, 2.45) is 0 Å². The molecule has 2 atom stereocenters. The van der Waals surface area contributed by atoms with E-state index in [0.717, 1.165) is 18.2 Å². The predicted octanol–water partition coefficient (Wildman–Crippen LogP) is -0.0847. The van der Waals surface area contributed by atoms with Crippen LogP contribution in [0.15, 0.2) is 23.1 Å². The molecule has 6 nitrogen and oxygen atoms in total. The van der Waals surface area contributed by atoms with Crippen molar-refractivity contribution < 1.29 is 26.3 Å². The third-order valence-corrected chi connectivity index (χ3v) is 6.32. The van der Waals surface area contributed by atoms with E-state index in [1.54, 1.807) is 0 Å². The number of rotatable bonds is 3. The molecule has 1 saturated heterocycles. The largest absolute Gasteiger partial charge is 0.390 e. The van der Waals surface area contributed by atoms with Gasteiger partial charge in [0.15, 0.2) is 9.84 Å². The lowest BCUT2D eigenvalue weighted by Gasteiger charge is -2.15. The third-order valence-electron chi connectivity index (χ3n) is 2.83. The summed E-state index contributed by atoms with van der Waals surface area (Å²) in [6.07, 6.45) is -1.31. The van der Waals surface area contributed by atoms with E-state index in [-0.39, 0.29) is 9.92 Å². The van der Waals surface area contributed by atoms with Gasteiger partial charge in [0.05, 0.1) is 33.6 Å². The van der Waals surface area contributed by atoms with Crippen molar-refractivity contribution in [3.8, 4) is 0 Å². The van der Waals surface area contributed by atoms with Gasteiger partial charge >= 0.3 is 0 Å². The minimum atomic E-state index is -4.09. The Balaban J connectivity index is 2.26. The average molecular weight is 344 g/mol. The Morgan fingerprint density at radius 1 is 1.35 bits per heavy atom. The van der Waals surface area contributed by atoms with Crippen LogP contribution in [0.2, 0.25) is 5.02 Å². The Kier molecular flexibility index (Phi) is 4.09. The van der Waals surface area contributed by atoms with E-state index in [9.17, 15) is 26.3 Å². The van der Waals surface area contributed by atoms with E-state index in [2.05, 4.69) is 4.72 Å². The van der Waals surface area contributed by atoms with E-state index in [1.807, 2.05) is 0 Å². The maximum atomic E-state index is 13.0. The zero-order valence-corrected chi connectivity index (χ0v) is 12.3. The van der Waals surface area contributed by atoms with Gasteiger partial charge < -0.3 is 5.11 Å². The summed E-state index contributed by atoms with van der Waals surface area (Å²) in [5, 5.41) is 9.17. The molecule has 0 radical (unpaired) electrons. The molecule has 1 aliphatic rings. The number of sulfone groups is 1. The van der Waals surface area contributed by atoms with Crippen LogP contribution in [0.3, 0.4) is 0 Å². The van der Waals surface area contributed by atoms with Gasteiger partial charge in [-0.1, -0.05) is 11.6 Å². The SMILES string of the molecule is O=S1(=O)C[C@@H](O)[C@H](NS(=O)(=O)c2ccc(F)c(Cl)c2)C1. The van der Waals surface area contributed by atoms with Crippen molar-refractivity contribution in [2.45, 2.75) is 17.0 Å². The fourth-order valence-electron chi connectivity index (χ4n) is 1.85. The molecule has 20 heavy (non-hydrogen) atoms. The number of hydrogen-bond acceptors (Lipinski definition) is 5. The molecule has 0 spiro atoms. The Morgan fingerprint density at radius 3 is 2.50 bits per heavy atom. The van der Waals surface area contributed by atoms with Crippen LogP contribution in [0.4, 0.5) is 4.39 Å². The number of aliphatic hydroxyl groups excluding tert-OH is 1. The first-order valence-electron chi connectivity index (χ1n) is 5.46. The molecule has 112 valence electrons. The quantitative estimate of drug-likeness (QED) is 0.799. The highest BCUT2D eigenvalue weighted by Gasteiger charge is 2.39. The molecule has 1 aliphatic heterocycles. The zero-order valence-electron chi connectivity index (χ0n) is 9.95. The fraction of sp³-hybridized carbons (Fsp3) is 0.400. The molecule has 2 rings (SSSR count). The molecule has 10 heteroatoms. The van der Waals surface area contributed by atoms with Crippen LogP contribution in [0.1, 0.15) is 0 Å². The van der Waals surface area contributed by atoms with E-state index < -0.39 is 49.3 Å². The molecule has 1 fully saturated rings. The van der Waals surface area contributed by atoms with E-state index in [0.29, 0.717) is 0 Å². The van der Waals surface area contributed by atoms with Gasteiger partial charge in [-0.3, -0.25) is 0 Å². The molecule has 2 N–H and O–H groups in total. The van der Waals surface area contributed by atoms with Crippen LogP contribution in [0, 0.1) is 5.82 Å². The Bertz CT molecular complexity index is 734. The Morgan fingerprint density at radius 2 is 2.00 bits per heavy atom. The first-order chi connectivity index (χ1) is 9.11. The summed E-state index contributed by atoms with van der Waals surface area (Å²) in [4.78, 5) is -0.305. The summed E-state index contributed by atoms with van der Waals surface area (Å²) in [6, 6.07) is 1.67. The van der Waals surface area contributed by atoms with Gasteiger partial charge in [0.1, 0.15) is 5.82 Å². The smallest absolute Gasteiger partial charge is 0.240 e. The maximum absolute atomic E-state index is 13.0. The van der Waals surface area contributed by atoms with Gasteiger partial charge in [0.25, 0.3) is 0 Å². The second-order valence-electron chi connectivity index (χ2n) is 4.45. The number of sulfonamides is 1. The van der Waals surface area contributed by atoms with E-state index in [4.69, 9.17) is 11.6 Å². The summed E-state index contributed by atoms with van der Waals surface area (Å²) in [6.45, 7) is 0.